The minimum absolute atomic E-state index is 0.900. The maximum absolute atomic E-state index is 3.62. The van der Waals surface area contributed by atoms with E-state index in [-0.39, 0.29) is 0 Å². The van der Waals surface area contributed by atoms with Crippen LogP contribution in [0.25, 0.3) is 0 Å². The summed E-state index contributed by atoms with van der Waals surface area (Å²) in [4.78, 5) is 0. The molecule has 1 atom stereocenters. The summed E-state index contributed by atoms with van der Waals surface area (Å²) in [6.45, 7) is 11.6. The van der Waals surface area contributed by atoms with Gasteiger partial charge in [-0.3, -0.25) is 0 Å². The van der Waals surface area contributed by atoms with Crippen molar-refractivity contribution in [3.8, 4) is 0 Å². The Morgan fingerprint density at radius 3 is 1.87 bits per heavy atom. The van der Waals surface area contributed by atoms with Crippen LogP contribution in [0.5, 0.6) is 0 Å². The van der Waals surface area contributed by atoms with Gasteiger partial charge in [0.05, 0.1) is 0 Å². The zero-order valence-electron chi connectivity index (χ0n) is 11.3. The van der Waals surface area contributed by atoms with E-state index < -0.39 is 0 Å². The van der Waals surface area contributed by atoms with Crippen molar-refractivity contribution in [3.05, 3.63) is 0 Å². The predicted octanol–water partition coefficient (Wildman–Crippen LogP) is 4.23. The zero-order chi connectivity index (χ0) is 11.5. The number of hydrogen-bond acceptors (Lipinski definition) is 1. The highest BCUT2D eigenvalue weighted by Gasteiger charge is 2.05. The van der Waals surface area contributed by atoms with E-state index in [0.29, 0.717) is 0 Å². The van der Waals surface area contributed by atoms with Gasteiger partial charge in [-0.05, 0) is 37.8 Å². The summed E-state index contributed by atoms with van der Waals surface area (Å²) in [5.41, 5.74) is 0. The first-order valence-corrected chi connectivity index (χ1v) is 6.99. The molecule has 0 aromatic heterocycles. The van der Waals surface area contributed by atoms with Gasteiger partial charge in [0.1, 0.15) is 0 Å². The zero-order valence-corrected chi connectivity index (χ0v) is 11.3. The van der Waals surface area contributed by atoms with Gasteiger partial charge >= 0.3 is 0 Å². The monoisotopic (exact) mass is 213 g/mol. The molecule has 0 aromatic rings. The molecule has 0 radical (unpaired) electrons. The Morgan fingerprint density at radius 1 is 0.800 bits per heavy atom. The number of hydrogen-bond donors (Lipinski definition) is 1. The summed E-state index contributed by atoms with van der Waals surface area (Å²) in [6, 6.07) is 0. The van der Waals surface area contributed by atoms with Crippen molar-refractivity contribution in [3.63, 3.8) is 0 Å². The highest BCUT2D eigenvalue weighted by atomic mass is 14.9. The van der Waals surface area contributed by atoms with Crippen molar-refractivity contribution >= 4 is 0 Å². The Hall–Kier alpha value is -0.0400. The van der Waals surface area contributed by atoms with Crippen molar-refractivity contribution in [2.45, 2.75) is 66.2 Å². The molecule has 1 unspecified atom stereocenters. The molecule has 92 valence electrons. The van der Waals surface area contributed by atoms with Gasteiger partial charge in [0, 0.05) is 0 Å². The van der Waals surface area contributed by atoms with Gasteiger partial charge in [-0.25, -0.2) is 0 Å². The largest absolute Gasteiger partial charge is 0.316 e. The first-order chi connectivity index (χ1) is 7.28. The minimum atomic E-state index is 0.900. The molecule has 0 rings (SSSR count). The summed E-state index contributed by atoms with van der Waals surface area (Å²) >= 11 is 0. The van der Waals surface area contributed by atoms with Crippen molar-refractivity contribution in [1.29, 1.82) is 0 Å². The van der Waals surface area contributed by atoms with E-state index in [9.17, 15) is 0 Å². The van der Waals surface area contributed by atoms with Crippen LogP contribution in [-0.4, -0.2) is 13.1 Å². The van der Waals surface area contributed by atoms with Crippen molar-refractivity contribution in [2.75, 3.05) is 13.1 Å². The third kappa shape index (κ3) is 7.84. The van der Waals surface area contributed by atoms with Crippen LogP contribution in [0.4, 0.5) is 0 Å². The standard InChI is InChI=1S/C14H31N/c1-5-9-14(8-4)12-15-11-10-13(6-2)7-3/h13-15H,5-12H2,1-4H3. The van der Waals surface area contributed by atoms with Gasteiger partial charge < -0.3 is 5.32 Å². The van der Waals surface area contributed by atoms with Gasteiger partial charge in [0.2, 0.25) is 0 Å². The molecule has 1 nitrogen and oxygen atoms in total. The van der Waals surface area contributed by atoms with E-state index in [1.165, 1.54) is 51.6 Å². The maximum Gasteiger partial charge on any atom is -0.00206 e. The van der Waals surface area contributed by atoms with Gasteiger partial charge in [0.25, 0.3) is 0 Å². The molecular weight excluding hydrogens is 182 g/mol. The fourth-order valence-corrected chi connectivity index (χ4v) is 2.17. The summed E-state index contributed by atoms with van der Waals surface area (Å²) in [5, 5.41) is 3.62. The summed E-state index contributed by atoms with van der Waals surface area (Å²) in [6.07, 6.45) is 8.07. The van der Waals surface area contributed by atoms with E-state index in [4.69, 9.17) is 0 Å². The van der Waals surface area contributed by atoms with Crippen LogP contribution < -0.4 is 5.32 Å². The van der Waals surface area contributed by atoms with Gasteiger partial charge in [-0.1, -0.05) is 53.4 Å². The lowest BCUT2D eigenvalue weighted by molar-refractivity contribution is 0.396. The lowest BCUT2D eigenvalue weighted by atomic mass is 9.98. The quantitative estimate of drug-likeness (QED) is 0.536. The average Bonchev–Trinajstić information content (AvgIpc) is 2.28. The first-order valence-electron chi connectivity index (χ1n) is 6.99. The molecule has 0 heterocycles. The Kier molecular flexibility index (Phi) is 10.4. The van der Waals surface area contributed by atoms with E-state index in [1.54, 1.807) is 0 Å². The van der Waals surface area contributed by atoms with Crippen LogP contribution in [0.1, 0.15) is 66.2 Å². The van der Waals surface area contributed by atoms with Crippen LogP contribution in [0.15, 0.2) is 0 Å². The molecule has 0 aromatic carbocycles. The molecule has 1 N–H and O–H groups in total. The molecular formula is C14H31N. The number of rotatable bonds is 10. The highest BCUT2D eigenvalue weighted by Crippen LogP contribution is 2.12. The van der Waals surface area contributed by atoms with E-state index >= 15 is 0 Å². The fraction of sp³-hybridized carbons (Fsp3) is 1.00. The van der Waals surface area contributed by atoms with Crippen LogP contribution in [0.2, 0.25) is 0 Å². The van der Waals surface area contributed by atoms with Crippen LogP contribution in [-0.2, 0) is 0 Å². The molecule has 0 aliphatic rings. The molecule has 0 fully saturated rings. The fourth-order valence-electron chi connectivity index (χ4n) is 2.17. The van der Waals surface area contributed by atoms with Crippen molar-refractivity contribution < 1.29 is 0 Å². The maximum atomic E-state index is 3.62. The molecule has 0 aliphatic heterocycles. The Balaban J connectivity index is 3.42. The third-order valence-corrected chi connectivity index (χ3v) is 3.59. The third-order valence-electron chi connectivity index (χ3n) is 3.59. The molecule has 0 amide bonds. The van der Waals surface area contributed by atoms with Crippen LogP contribution in [0.3, 0.4) is 0 Å². The molecule has 0 saturated heterocycles. The summed E-state index contributed by atoms with van der Waals surface area (Å²) in [5.74, 6) is 1.83. The minimum Gasteiger partial charge on any atom is -0.316 e. The molecule has 0 bridgehead atoms. The van der Waals surface area contributed by atoms with Gasteiger partial charge in [-0.15, -0.1) is 0 Å². The molecule has 1 heteroatoms. The Bertz CT molecular complexity index is 119. The predicted molar refractivity (Wildman–Crippen MR) is 70.2 cm³/mol. The van der Waals surface area contributed by atoms with Crippen LogP contribution in [0, 0.1) is 11.8 Å². The Labute approximate surface area is 97.0 Å². The second-order valence-electron chi connectivity index (χ2n) is 4.74. The van der Waals surface area contributed by atoms with Gasteiger partial charge in [-0.2, -0.15) is 0 Å². The summed E-state index contributed by atoms with van der Waals surface area (Å²) in [7, 11) is 0. The van der Waals surface area contributed by atoms with E-state index in [0.717, 1.165) is 11.8 Å². The highest BCUT2D eigenvalue weighted by molar-refractivity contribution is 4.62. The number of nitrogens with one attached hydrogen (secondary N) is 1. The second-order valence-corrected chi connectivity index (χ2v) is 4.74. The first kappa shape index (κ1) is 15.0. The van der Waals surface area contributed by atoms with Crippen molar-refractivity contribution in [1.82, 2.24) is 5.32 Å². The average molecular weight is 213 g/mol. The van der Waals surface area contributed by atoms with Crippen LogP contribution >= 0.6 is 0 Å². The molecule has 15 heavy (non-hydrogen) atoms. The van der Waals surface area contributed by atoms with Crippen molar-refractivity contribution in [2.24, 2.45) is 11.8 Å². The SMILES string of the molecule is CCCC(CC)CNCCC(CC)CC. The lowest BCUT2D eigenvalue weighted by Crippen LogP contribution is -2.24. The van der Waals surface area contributed by atoms with Gasteiger partial charge in [0.15, 0.2) is 0 Å². The smallest absolute Gasteiger partial charge is 0.00206 e. The van der Waals surface area contributed by atoms with E-state index in [1.807, 2.05) is 0 Å². The summed E-state index contributed by atoms with van der Waals surface area (Å²) < 4.78 is 0. The second kappa shape index (κ2) is 10.5. The topological polar surface area (TPSA) is 12.0 Å². The molecule has 0 saturated carbocycles. The lowest BCUT2D eigenvalue weighted by Gasteiger charge is -2.16. The molecule has 0 spiro atoms. The Morgan fingerprint density at radius 2 is 1.40 bits per heavy atom. The normalized spacial score (nSPS) is 13.4. The molecule has 0 aliphatic carbocycles. The van der Waals surface area contributed by atoms with E-state index in [2.05, 4.69) is 33.0 Å².